The average Bonchev–Trinajstić information content (AvgIpc) is 2.68. The van der Waals surface area contributed by atoms with Crippen molar-refractivity contribution in [1.29, 1.82) is 0 Å². The third-order valence-corrected chi connectivity index (χ3v) is 4.95. The van der Waals surface area contributed by atoms with E-state index in [9.17, 15) is 4.79 Å². The van der Waals surface area contributed by atoms with Crippen LogP contribution in [0.2, 0.25) is 5.02 Å². The third kappa shape index (κ3) is 4.31. The second-order valence-corrected chi connectivity index (χ2v) is 7.56. The Labute approximate surface area is 170 Å². The maximum atomic E-state index is 11.6. The van der Waals surface area contributed by atoms with Crippen LogP contribution in [-0.2, 0) is 16.6 Å². The van der Waals surface area contributed by atoms with Gasteiger partial charge in [-0.15, -0.1) is 0 Å². The predicted octanol–water partition coefficient (Wildman–Crippen LogP) is 4.87. The summed E-state index contributed by atoms with van der Waals surface area (Å²) >= 11 is 6.11. The summed E-state index contributed by atoms with van der Waals surface area (Å²) in [6, 6.07) is 17.0. The highest BCUT2D eigenvalue weighted by molar-refractivity contribution is 6.30. The first-order valence-corrected chi connectivity index (χ1v) is 9.48. The molecule has 5 nitrogen and oxygen atoms in total. The molecule has 0 aliphatic carbocycles. The van der Waals surface area contributed by atoms with Gasteiger partial charge >= 0.3 is 0 Å². The van der Waals surface area contributed by atoms with Crippen LogP contribution in [0.25, 0.3) is 11.4 Å². The first kappa shape index (κ1) is 19.8. The molecule has 1 amide bonds. The van der Waals surface area contributed by atoms with Crippen LogP contribution in [0, 0.1) is 0 Å². The predicted molar refractivity (Wildman–Crippen MR) is 114 cm³/mol. The van der Waals surface area contributed by atoms with Crippen LogP contribution in [-0.4, -0.2) is 15.9 Å². The maximum Gasteiger partial charge on any atom is 0.227 e. The topological polar surface area (TPSA) is 80.9 Å². The largest absolute Gasteiger partial charge is 0.369 e. The number of benzene rings is 2. The van der Waals surface area contributed by atoms with Crippen LogP contribution in [0.15, 0.2) is 54.6 Å². The summed E-state index contributed by atoms with van der Waals surface area (Å²) in [7, 11) is 0. The van der Waals surface area contributed by atoms with Gasteiger partial charge in [0.1, 0.15) is 5.82 Å². The SMILES string of the molecule is CCc1cc(Nc2ccc(C(C)(C)C(N)=O)cc2)nc(-c2cccc(Cl)c2)n1. The number of amides is 1. The summed E-state index contributed by atoms with van der Waals surface area (Å²) in [4.78, 5) is 20.9. The fourth-order valence-electron chi connectivity index (χ4n) is 2.76. The van der Waals surface area contributed by atoms with Crippen molar-refractivity contribution in [2.75, 3.05) is 5.32 Å². The summed E-state index contributed by atoms with van der Waals surface area (Å²) in [5, 5.41) is 3.95. The number of carbonyl (C=O) groups excluding carboxylic acids is 1. The minimum atomic E-state index is -0.720. The molecule has 0 unspecified atom stereocenters. The highest BCUT2D eigenvalue weighted by Gasteiger charge is 2.26. The number of nitrogens with two attached hydrogens (primary N) is 1. The summed E-state index contributed by atoms with van der Waals surface area (Å²) in [6.45, 7) is 5.68. The second-order valence-electron chi connectivity index (χ2n) is 7.12. The lowest BCUT2D eigenvalue weighted by molar-refractivity contribution is -0.122. The number of carbonyl (C=O) groups is 1. The number of nitrogens with one attached hydrogen (secondary N) is 1. The van der Waals surface area contributed by atoms with Crippen molar-refractivity contribution in [3.63, 3.8) is 0 Å². The van der Waals surface area contributed by atoms with E-state index in [2.05, 4.69) is 22.2 Å². The number of nitrogens with zero attached hydrogens (tertiary/aromatic N) is 2. The van der Waals surface area contributed by atoms with E-state index in [1.807, 2.05) is 68.4 Å². The van der Waals surface area contributed by atoms with Crippen LogP contribution in [0.3, 0.4) is 0 Å². The molecule has 0 spiro atoms. The Hall–Kier alpha value is -2.92. The standard InChI is InChI=1S/C22H23ClN4O/c1-4-17-13-19(27-20(26-17)14-6-5-7-16(23)12-14)25-18-10-8-15(9-11-18)22(2,3)21(24)28/h5-13H,4H2,1-3H3,(H2,24,28)(H,25,26,27). The molecule has 0 saturated heterocycles. The van der Waals surface area contributed by atoms with Gasteiger partial charge in [-0.05, 0) is 50.1 Å². The molecule has 3 rings (SSSR count). The zero-order valence-corrected chi connectivity index (χ0v) is 16.9. The van der Waals surface area contributed by atoms with E-state index < -0.39 is 5.41 Å². The van der Waals surface area contributed by atoms with E-state index in [0.29, 0.717) is 16.7 Å². The van der Waals surface area contributed by atoms with Gasteiger partial charge in [-0.3, -0.25) is 4.79 Å². The van der Waals surface area contributed by atoms with Gasteiger partial charge < -0.3 is 11.1 Å². The fraction of sp³-hybridized carbons (Fsp3) is 0.227. The second kappa shape index (κ2) is 7.98. The lowest BCUT2D eigenvalue weighted by atomic mass is 9.84. The van der Waals surface area contributed by atoms with E-state index in [1.54, 1.807) is 0 Å². The maximum absolute atomic E-state index is 11.6. The highest BCUT2D eigenvalue weighted by Crippen LogP contribution is 2.26. The Morgan fingerprint density at radius 3 is 2.43 bits per heavy atom. The van der Waals surface area contributed by atoms with Crippen molar-refractivity contribution >= 4 is 29.0 Å². The van der Waals surface area contributed by atoms with E-state index in [1.165, 1.54) is 0 Å². The van der Waals surface area contributed by atoms with Crippen molar-refractivity contribution in [1.82, 2.24) is 9.97 Å². The normalized spacial score (nSPS) is 11.3. The van der Waals surface area contributed by atoms with Gasteiger partial charge in [0.2, 0.25) is 5.91 Å². The van der Waals surface area contributed by atoms with Crippen LogP contribution < -0.4 is 11.1 Å². The molecule has 0 fully saturated rings. The number of hydrogen-bond donors (Lipinski definition) is 2. The number of rotatable bonds is 6. The molecule has 3 aromatic rings. The molecule has 2 aromatic carbocycles. The smallest absolute Gasteiger partial charge is 0.227 e. The van der Waals surface area contributed by atoms with Gasteiger partial charge in [0, 0.05) is 28.0 Å². The van der Waals surface area contributed by atoms with Gasteiger partial charge in [0.05, 0.1) is 5.41 Å². The Kier molecular flexibility index (Phi) is 5.66. The monoisotopic (exact) mass is 394 g/mol. The molecular weight excluding hydrogens is 372 g/mol. The summed E-state index contributed by atoms with van der Waals surface area (Å²) in [5.74, 6) is 0.960. The Bertz CT molecular complexity index is 1000. The number of primary amides is 1. The van der Waals surface area contributed by atoms with Gasteiger partial charge in [-0.1, -0.05) is 42.8 Å². The highest BCUT2D eigenvalue weighted by atomic mass is 35.5. The third-order valence-electron chi connectivity index (χ3n) is 4.72. The van der Waals surface area contributed by atoms with Crippen molar-refractivity contribution in [3.05, 3.63) is 70.9 Å². The number of aryl methyl sites for hydroxylation is 1. The van der Waals surface area contributed by atoms with E-state index in [4.69, 9.17) is 17.3 Å². The van der Waals surface area contributed by atoms with Crippen molar-refractivity contribution in [3.8, 4) is 11.4 Å². The molecule has 0 atom stereocenters. The molecule has 0 aliphatic heterocycles. The van der Waals surface area contributed by atoms with Crippen LogP contribution >= 0.6 is 11.6 Å². The molecule has 3 N–H and O–H groups in total. The minimum Gasteiger partial charge on any atom is -0.369 e. The number of aromatic nitrogens is 2. The summed E-state index contributed by atoms with van der Waals surface area (Å²) in [6.07, 6.45) is 0.788. The summed E-state index contributed by atoms with van der Waals surface area (Å²) in [5.41, 5.74) is 8.30. The Morgan fingerprint density at radius 1 is 1.11 bits per heavy atom. The van der Waals surface area contributed by atoms with Gasteiger partial charge in [0.15, 0.2) is 5.82 Å². The van der Waals surface area contributed by atoms with Crippen LogP contribution in [0.5, 0.6) is 0 Å². The Balaban J connectivity index is 1.90. The molecule has 1 aromatic heterocycles. The lowest BCUT2D eigenvalue weighted by Gasteiger charge is -2.21. The van der Waals surface area contributed by atoms with Crippen molar-refractivity contribution < 1.29 is 4.79 Å². The molecule has 0 bridgehead atoms. The molecular formula is C22H23ClN4O. The van der Waals surface area contributed by atoms with E-state index >= 15 is 0 Å². The molecule has 1 heterocycles. The van der Waals surface area contributed by atoms with Gasteiger partial charge in [-0.2, -0.15) is 0 Å². The average molecular weight is 395 g/mol. The fourth-order valence-corrected chi connectivity index (χ4v) is 2.95. The van der Waals surface area contributed by atoms with Crippen molar-refractivity contribution in [2.45, 2.75) is 32.6 Å². The molecule has 0 aliphatic rings. The first-order valence-electron chi connectivity index (χ1n) is 9.11. The summed E-state index contributed by atoms with van der Waals surface area (Å²) < 4.78 is 0. The Morgan fingerprint density at radius 2 is 1.82 bits per heavy atom. The zero-order valence-electron chi connectivity index (χ0n) is 16.2. The first-order chi connectivity index (χ1) is 13.3. The number of halogens is 1. The van der Waals surface area contributed by atoms with E-state index in [-0.39, 0.29) is 5.91 Å². The lowest BCUT2D eigenvalue weighted by Crippen LogP contribution is -2.35. The van der Waals surface area contributed by atoms with Crippen LogP contribution in [0.1, 0.15) is 32.0 Å². The molecule has 6 heteroatoms. The van der Waals surface area contributed by atoms with Crippen molar-refractivity contribution in [2.24, 2.45) is 5.73 Å². The van der Waals surface area contributed by atoms with Gasteiger partial charge in [0.25, 0.3) is 0 Å². The zero-order chi connectivity index (χ0) is 20.3. The van der Waals surface area contributed by atoms with E-state index in [0.717, 1.165) is 28.9 Å². The molecule has 0 radical (unpaired) electrons. The number of anilines is 2. The molecule has 28 heavy (non-hydrogen) atoms. The number of hydrogen-bond acceptors (Lipinski definition) is 4. The van der Waals surface area contributed by atoms with Crippen LogP contribution in [0.4, 0.5) is 11.5 Å². The quantitative estimate of drug-likeness (QED) is 0.625. The minimum absolute atomic E-state index is 0.359. The van der Waals surface area contributed by atoms with Gasteiger partial charge in [-0.25, -0.2) is 9.97 Å². The molecule has 0 saturated carbocycles. The molecule has 144 valence electrons.